The molecule has 33 heavy (non-hydrogen) atoms. The molecule has 3 aliphatic rings. The first-order valence-corrected chi connectivity index (χ1v) is 11.7. The van der Waals surface area contributed by atoms with E-state index in [1.165, 1.54) is 23.9 Å². The standard InChI is InChI=1S/C23H26ClN5O4/c24-22-26-19(28-9-8-23(11-28)7-3-5-13-4-1-2-6-14(13)23)16-20(27-22)29(12-25-16)21-18(32)17(31)15(10-30)33-21/h1-2,4,6,12,15,17-18,21,30-32H,3,5,7-11H2/t15-,17+,18?,21-,23?/m1/s1. The van der Waals surface area contributed by atoms with Crippen LogP contribution in [-0.4, -0.2) is 72.8 Å². The summed E-state index contributed by atoms with van der Waals surface area (Å²) in [5.74, 6) is 0.662. The van der Waals surface area contributed by atoms with Crippen molar-refractivity contribution in [1.82, 2.24) is 19.5 Å². The third-order valence-corrected chi connectivity index (χ3v) is 7.68. The number of rotatable bonds is 3. The molecule has 10 heteroatoms. The maximum atomic E-state index is 10.5. The zero-order chi connectivity index (χ0) is 22.7. The van der Waals surface area contributed by atoms with E-state index in [-0.39, 0.29) is 10.7 Å². The van der Waals surface area contributed by atoms with E-state index < -0.39 is 31.1 Å². The summed E-state index contributed by atoms with van der Waals surface area (Å²) in [5.41, 5.74) is 3.95. The number of aryl methyl sites for hydroxylation is 1. The summed E-state index contributed by atoms with van der Waals surface area (Å²) in [7, 11) is 0. The average molecular weight is 472 g/mol. The fourth-order valence-corrected chi connectivity index (χ4v) is 6.04. The molecule has 2 fully saturated rings. The molecule has 9 nitrogen and oxygen atoms in total. The van der Waals surface area contributed by atoms with Gasteiger partial charge in [-0.1, -0.05) is 24.3 Å². The van der Waals surface area contributed by atoms with Crippen LogP contribution in [0.5, 0.6) is 0 Å². The summed E-state index contributed by atoms with van der Waals surface area (Å²) in [6, 6.07) is 8.73. The molecule has 2 aliphatic heterocycles. The fourth-order valence-electron chi connectivity index (χ4n) is 5.88. The van der Waals surface area contributed by atoms with Gasteiger partial charge in [0, 0.05) is 18.5 Å². The minimum absolute atomic E-state index is 0.0796. The average Bonchev–Trinajstić information content (AvgIpc) is 3.51. The topological polar surface area (TPSA) is 117 Å². The summed E-state index contributed by atoms with van der Waals surface area (Å²) in [6.45, 7) is 1.25. The molecule has 1 aliphatic carbocycles. The number of imidazole rings is 1. The second kappa shape index (κ2) is 7.89. The Morgan fingerprint density at radius 3 is 2.82 bits per heavy atom. The number of anilines is 1. The first kappa shape index (κ1) is 21.2. The molecule has 2 unspecified atom stereocenters. The number of aliphatic hydroxyl groups excluding tert-OH is 3. The Balaban J connectivity index is 1.37. The number of ether oxygens (including phenoxy) is 1. The van der Waals surface area contributed by atoms with Crippen molar-refractivity contribution in [1.29, 1.82) is 0 Å². The normalized spacial score (nSPS) is 31.6. The van der Waals surface area contributed by atoms with E-state index in [0.29, 0.717) is 17.0 Å². The number of halogens is 1. The summed E-state index contributed by atoms with van der Waals surface area (Å²) < 4.78 is 7.23. The predicted molar refractivity (Wildman–Crippen MR) is 121 cm³/mol. The maximum Gasteiger partial charge on any atom is 0.226 e. The summed E-state index contributed by atoms with van der Waals surface area (Å²) >= 11 is 6.33. The van der Waals surface area contributed by atoms with Crippen LogP contribution in [0, 0.1) is 0 Å². The quantitative estimate of drug-likeness (QED) is 0.493. The van der Waals surface area contributed by atoms with Gasteiger partial charge < -0.3 is 25.0 Å². The second-order valence-corrected chi connectivity index (χ2v) is 9.67. The Morgan fingerprint density at radius 2 is 2.00 bits per heavy atom. The van der Waals surface area contributed by atoms with E-state index in [4.69, 9.17) is 16.3 Å². The molecular formula is C23H26ClN5O4. The van der Waals surface area contributed by atoms with Crippen molar-refractivity contribution in [2.24, 2.45) is 0 Å². The highest BCUT2D eigenvalue weighted by Crippen LogP contribution is 2.45. The molecule has 2 aromatic heterocycles. The van der Waals surface area contributed by atoms with Crippen molar-refractivity contribution in [2.45, 2.75) is 55.6 Å². The smallest absolute Gasteiger partial charge is 0.226 e. The van der Waals surface area contributed by atoms with Crippen molar-refractivity contribution in [2.75, 3.05) is 24.6 Å². The second-order valence-electron chi connectivity index (χ2n) is 9.33. The van der Waals surface area contributed by atoms with E-state index in [0.717, 1.165) is 32.4 Å². The Morgan fingerprint density at radius 1 is 1.15 bits per heavy atom. The third kappa shape index (κ3) is 3.25. The predicted octanol–water partition coefficient (Wildman–Crippen LogP) is 1.58. The van der Waals surface area contributed by atoms with Crippen LogP contribution in [0.15, 0.2) is 30.6 Å². The van der Waals surface area contributed by atoms with Crippen LogP contribution < -0.4 is 4.90 Å². The van der Waals surface area contributed by atoms with Crippen LogP contribution in [0.4, 0.5) is 5.82 Å². The highest BCUT2D eigenvalue weighted by atomic mass is 35.5. The number of hydrogen-bond acceptors (Lipinski definition) is 8. The lowest BCUT2D eigenvalue weighted by molar-refractivity contribution is -0.0511. The Kier molecular flexibility index (Phi) is 5.08. The van der Waals surface area contributed by atoms with E-state index in [2.05, 4.69) is 44.1 Å². The first-order chi connectivity index (χ1) is 16.0. The lowest BCUT2D eigenvalue weighted by Crippen LogP contribution is -2.35. The van der Waals surface area contributed by atoms with Gasteiger partial charge in [0.15, 0.2) is 23.2 Å². The molecule has 3 aromatic rings. The summed E-state index contributed by atoms with van der Waals surface area (Å²) in [4.78, 5) is 15.7. The summed E-state index contributed by atoms with van der Waals surface area (Å²) in [5, 5.41) is 30.2. The van der Waals surface area contributed by atoms with E-state index in [1.54, 1.807) is 4.57 Å². The van der Waals surface area contributed by atoms with Gasteiger partial charge in [0.05, 0.1) is 12.9 Å². The molecule has 3 N–H and O–H groups in total. The van der Waals surface area contributed by atoms with Crippen molar-refractivity contribution < 1.29 is 20.1 Å². The van der Waals surface area contributed by atoms with Gasteiger partial charge in [-0.25, -0.2) is 4.98 Å². The molecule has 0 radical (unpaired) electrons. The van der Waals surface area contributed by atoms with Gasteiger partial charge in [-0.15, -0.1) is 0 Å². The molecule has 0 bridgehead atoms. The number of benzene rings is 1. The van der Waals surface area contributed by atoms with Gasteiger partial charge >= 0.3 is 0 Å². The molecule has 2 saturated heterocycles. The molecule has 1 aromatic carbocycles. The van der Waals surface area contributed by atoms with Crippen LogP contribution in [0.3, 0.4) is 0 Å². The lowest BCUT2D eigenvalue weighted by Gasteiger charge is -2.36. The van der Waals surface area contributed by atoms with Gasteiger partial charge in [0.1, 0.15) is 18.3 Å². The van der Waals surface area contributed by atoms with E-state index in [1.807, 2.05) is 0 Å². The summed E-state index contributed by atoms with van der Waals surface area (Å²) in [6.07, 6.45) is 1.72. The fraction of sp³-hybridized carbons (Fsp3) is 0.522. The van der Waals surface area contributed by atoms with Crippen molar-refractivity contribution in [3.63, 3.8) is 0 Å². The molecule has 174 valence electrons. The monoisotopic (exact) mass is 471 g/mol. The van der Waals surface area contributed by atoms with Gasteiger partial charge in [0.2, 0.25) is 5.28 Å². The first-order valence-electron chi connectivity index (χ1n) is 11.4. The molecule has 0 saturated carbocycles. The van der Waals surface area contributed by atoms with Crippen molar-refractivity contribution in [3.05, 3.63) is 47.0 Å². The van der Waals surface area contributed by atoms with Crippen LogP contribution in [0.1, 0.15) is 36.6 Å². The molecule has 0 amide bonds. The highest BCUT2D eigenvalue weighted by molar-refractivity contribution is 6.28. The Bertz CT molecular complexity index is 1200. The van der Waals surface area contributed by atoms with Gasteiger partial charge in [-0.05, 0) is 48.4 Å². The van der Waals surface area contributed by atoms with Gasteiger partial charge in [-0.2, -0.15) is 9.97 Å². The highest BCUT2D eigenvalue weighted by Gasteiger charge is 2.45. The third-order valence-electron chi connectivity index (χ3n) is 7.51. The Hall–Kier alpha value is -2.30. The molecule has 5 atom stereocenters. The van der Waals surface area contributed by atoms with Crippen molar-refractivity contribution >= 4 is 28.6 Å². The van der Waals surface area contributed by atoms with Crippen LogP contribution in [0.2, 0.25) is 5.28 Å². The maximum absolute atomic E-state index is 10.5. The number of aliphatic hydroxyl groups is 3. The van der Waals surface area contributed by atoms with Crippen LogP contribution in [0.25, 0.3) is 11.2 Å². The van der Waals surface area contributed by atoms with Crippen LogP contribution in [-0.2, 0) is 16.6 Å². The number of aromatic nitrogens is 4. The van der Waals surface area contributed by atoms with Crippen molar-refractivity contribution in [3.8, 4) is 0 Å². The van der Waals surface area contributed by atoms with Gasteiger partial charge in [-0.3, -0.25) is 4.57 Å². The lowest BCUT2D eigenvalue weighted by atomic mass is 9.69. The van der Waals surface area contributed by atoms with Crippen LogP contribution >= 0.6 is 11.6 Å². The zero-order valence-corrected chi connectivity index (χ0v) is 18.8. The molecular weight excluding hydrogens is 446 g/mol. The molecule has 1 spiro atoms. The van der Waals surface area contributed by atoms with E-state index in [9.17, 15) is 15.3 Å². The van der Waals surface area contributed by atoms with Gasteiger partial charge in [0.25, 0.3) is 0 Å². The number of fused-ring (bicyclic) bond motifs is 3. The zero-order valence-electron chi connectivity index (χ0n) is 18.0. The minimum atomic E-state index is -1.23. The van der Waals surface area contributed by atoms with E-state index >= 15 is 0 Å². The number of nitrogens with zero attached hydrogens (tertiary/aromatic N) is 5. The minimum Gasteiger partial charge on any atom is -0.394 e. The molecule has 6 rings (SSSR count). The Labute approximate surface area is 195 Å². The SMILES string of the molecule is OC[C@H]1O[C@@H](n2cnc3c(N4CCC5(CCCc6ccccc65)C4)nc(Cl)nc32)C(O)[C@H]1O. The number of hydrogen-bond donors (Lipinski definition) is 3. The molecule has 4 heterocycles. The largest absolute Gasteiger partial charge is 0.394 e.